The summed E-state index contributed by atoms with van der Waals surface area (Å²) in [5.74, 6) is 0.730. The van der Waals surface area contributed by atoms with E-state index in [0.717, 1.165) is 59.1 Å². The second-order valence-corrected chi connectivity index (χ2v) is 7.50. The van der Waals surface area contributed by atoms with E-state index in [1.165, 1.54) is 12.8 Å². The molecule has 4 rings (SSSR count). The number of unbranched alkanes of at least 4 members (excludes halogenated alkanes) is 5. The van der Waals surface area contributed by atoms with E-state index in [1.807, 2.05) is 36.4 Å². The van der Waals surface area contributed by atoms with Crippen molar-refractivity contribution in [3.05, 3.63) is 42.0 Å². The Kier molecular flexibility index (Phi) is 8.36. The Morgan fingerprint density at radius 3 is 2.09 bits per heavy atom. The number of aromatic nitrogens is 6. The zero-order valence-electron chi connectivity index (χ0n) is 18.0. The molecule has 0 atom stereocenters. The standard InChI is InChI=1S/C22H28N6O4/c1(3-5-11-29-16-30-18-8-10-20-22(14-18)26-28-24-20)2-4-6-12-31-32-15-17-7-9-19-21(13-17)25-27-23-19/h7-10,13-14H,1-6,11-12,15-16H2,(H,23,25,27)(H,24,26,28). The number of ether oxygens (including phenoxy) is 2. The fourth-order valence-electron chi connectivity index (χ4n) is 3.29. The molecule has 170 valence electrons. The molecule has 0 saturated heterocycles. The Bertz CT molecular complexity index is 996. The van der Waals surface area contributed by atoms with Crippen LogP contribution >= 0.6 is 0 Å². The smallest absolute Gasteiger partial charge is 0.189 e. The van der Waals surface area contributed by atoms with Crippen molar-refractivity contribution in [1.82, 2.24) is 30.8 Å². The first kappa shape index (κ1) is 22.1. The van der Waals surface area contributed by atoms with E-state index < -0.39 is 0 Å². The molecule has 10 heteroatoms. The summed E-state index contributed by atoms with van der Waals surface area (Å²) >= 11 is 0. The molecule has 2 heterocycles. The Hall–Kier alpha value is -3.08. The molecule has 2 aromatic carbocycles. The average molecular weight is 441 g/mol. The molecule has 0 spiro atoms. The van der Waals surface area contributed by atoms with Crippen LogP contribution in [0.4, 0.5) is 0 Å². The van der Waals surface area contributed by atoms with Crippen LogP contribution in [0.5, 0.6) is 5.75 Å². The maximum Gasteiger partial charge on any atom is 0.189 e. The highest BCUT2D eigenvalue weighted by Gasteiger charge is 2.02. The van der Waals surface area contributed by atoms with Crippen molar-refractivity contribution in [1.29, 1.82) is 0 Å². The molecule has 0 radical (unpaired) electrons. The van der Waals surface area contributed by atoms with E-state index in [4.69, 9.17) is 19.2 Å². The van der Waals surface area contributed by atoms with E-state index in [2.05, 4.69) is 30.8 Å². The minimum atomic E-state index is 0.243. The summed E-state index contributed by atoms with van der Waals surface area (Å²) in [6.45, 7) is 1.95. The lowest BCUT2D eigenvalue weighted by atomic mass is 10.1. The van der Waals surface area contributed by atoms with Gasteiger partial charge in [-0.15, -0.1) is 0 Å². The van der Waals surface area contributed by atoms with Gasteiger partial charge in [-0.2, -0.15) is 30.8 Å². The van der Waals surface area contributed by atoms with Gasteiger partial charge < -0.3 is 9.47 Å². The summed E-state index contributed by atoms with van der Waals surface area (Å²) in [5.41, 5.74) is 4.28. The number of nitrogens with zero attached hydrogens (tertiary/aromatic N) is 4. The maximum atomic E-state index is 5.58. The van der Waals surface area contributed by atoms with Gasteiger partial charge in [-0.1, -0.05) is 31.7 Å². The Balaban J connectivity index is 0.930. The number of benzene rings is 2. The molecular formula is C22H28N6O4. The molecular weight excluding hydrogens is 412 g/mol. The molecule has 0 aliphatic rings. The highest BCUT2D eigenvalue weighted by Crippen LogP contribution is 2.17. The average Bonchev–Trinajstić information content (AvgIpc) is 3.47. The second-order valence-electron chi connectivity index (χ2n) is 7.50. The third-order valence-electron chi connectivity index (χ3n) is 5.05. The van der Waals surface area contributed by atoms with Crippen LogP contribution in [0.3, 0.4) is 0 Å². The van der Waals surface area contributed by atoms with Crippen molar-refractivity contribution in [3.63, 3.8) is 0 Å². The number of aromatic amines is 2. The van der Waals surface area contributed by atoms with Gasteiger partial charge in [0.05, 0.1) is 13.2 Å². The fraction of sp³-hybridized carbons (Fsp3) is 0.455. The van der Waals surface area contributed by atoms with Gasteiger partial charge in [0.2, 0.25) is 0 Å². The summed E-state index contributed by atoms with van der Waals surface area (Å²) in [5, 5.41) is 21.3. The van der Waals surface area contributed by atoms with Gasteiger partial charge in [-0.3, -0.25) is 0 Å². The summed E-state index contributed by atoms with van der Waals surface area (Å²) < 4.78 is 11.1. The number of rotatable bonds is 15. The number of nitrogens with one attached hydrogen (secondary N) is 2. The predicted octanol–water partition coefficient (Wildman–Crippen LogP) is 4.07. The number of fused-ring (bicyclic) bond motifs is 2. The Morgan fingerprint density at radius 1 is 0.625 bits per heavy atom. The summed E-state index contributed by atoms with van der Waals surface area (Å²) in [6.07, 6.45) is 6.66. The quantitative estimate of drug-likeness (QED) is 0.123. The van der Waals surface area contributed by atoms with Crippen LogP contribution in [0.2, 0.25) is 0 Å². The van der Waals surface area contributed by atoms with Crippen molar-refractivity contribution in [2.45, 2.75) is 45.1 Å². The molecule has 32 heavy (non-hydrogen) atoms. The minimum absolute atomic E-state index is 0.243. The van der Waals surface area contributed by atoms with Crippen LogP contribution in [0, 0.1) is 0 Å². The first-order valence-electron chi connectivity index (χ1n) is 10.9. The SMILES string of the molecule is c1cc2n[nH]nc2cc1COOCCCCCCCCOCOc1ccc2n[nH]nc2c1. The van der Waals surface area contributed by atoms with E-state index in [9.17, 15) is 0 Å². The molecule has 0 aliphatic carbocycles. The third-order valence-corrected chi connectivity index (χ3v) is 5.05. The first-order chi connectivity index (χ1) is 15.9. The van der Waals surface area contributed by atoms with E-state index in [-0.39, 0.29) is 6.79 Å². The normalized spacial score (nSPS) is 11.5. The molecule has 0 unspecified atom stereocenters. The van der Waals surface area contributed by atoms with Crippen LogP contribution in [-0.4, -0.2) is 50.8 Å². The van der Waals surface area contributed by atoms with Crippen molar-refractivity contribution in [2.24, 2.45) is 0 Å². The molecule has 0 bridgehead atoms. The molecule has 10 nitrogen and oxygen atoms in total. The molecule has 0 fully saturated rings. The van der Waals surface area contributed by atoms with Crippen molar-refractivity contribution < 1.29 is 19.2 Å². The zero-order chi connectivity index (χ0) is 21.8. The van der Waals surface area contributed by atoms with Gasteiger partial charge in [0, 0.05) is 6.07 Å². The summed E-state index contributed by atoms with van der Waals surface area (Å²) in [6, 6.07) is 11.4. The second kappa shape index (κ2) is 12.1. The topological polar surface area (TPSA) is 120 Å². The van der Waals surface area contributed by atoms with Crippen molar-refractivity contribution in [3.8, 4) is 5.75 Å². The molecule has 2 aromatic heterocycles. The lowest BCUT2D eigenvalue weighted by Gasteiger charge is -2.07. The van der Waals surface area contributed by atoms with Crippen molar-refractivity contribution in [2.75, 3.05) is 20.0 Å². The van der Waals surface area contributed by atoms with Crippen LogP contribution in [0.1, 0.15) is 44.1 Å². The van der Waals surface area contributed by atoms with Crippen LogP contribution < -0.4 is 4.74 Å². The summed E-state index contributed by atoms with van der Waals surface area (Å²) in [4.78, 5) is 10.6. The first-order valence-corrected chi connectivity index (χ1v) is 10.9. The van der Waals surface area contributed by atoms with Gasteiger partial charge in [0.1, 0.15) is 34.4 Å². The highest BCUT2D eigenvalue weighted by molar-refractivity contribution is 5.75. The number of hydrogen-bond acceptors (Lipinski definition) is 8. The predicted molar refractivity (Wildman–Crippen MR) is 118 cm³/mol. The molecule has 4 aromatic rings. The molecule has 0 aliphatic heterocycles. The highest BCUT2D eigenvalue weighted by atomic mass is 17.2. The lowest BCUT2D eigenvalue weighted by molar-refractivity contribution is -0.304. The summed E-state index contributed by atoms with van der Waals surface area (Å²) in [7, 11) is 0. The monoisotopic (exact) mass is 440 g/mol. The van der Waals surface area contributed by atoms with Crippen LogP contribution in [-0.2, 0) is 21.1 Å². The van der Waals surface area contributed by atoms with Crippen LogP contribution in [0.15, 0.2) is 36.4 Å². The Morgan fingerprint density at radius 2 is 1.28 bits per heavy atom. The maximum absolute atomic E-state index is 5.58. The largest absolute Gasteiger partial charge is 0.467 e. The van der Waals surface area contributed by atoms with Gasteiger partial charge in [0.25, 0.3) is 0 Å². The fourth-order valence-corrected chi connectivity index (χ4v) is 3.29. The van der Waals surface area contributed by atoms with E-state index in [0.29, 0.717) is 19.8 Å². The van der Waals surface area contributed by atoms with E-state index in [1.54, 1.807) is 0 Å². The van der Waals surface area contributed by atoms with Crippen LogP contribution in [0.25, 0.3) is 22.1 Å². The lowest BCUT2D eigenvalue weighted by Crippen LogP contribution is -2.04. The number of H-pyrrole nitrogens is 2. The van der Waals surface area contributed by atoms with E-state index >= 15 is 0 Å². The number of hydrogen-bond donors (Lipinski definition) is 2. The van der Waals surface area contributed by atoms with Gasteiger partial charge in [0.15, 0.2) is 6.79 Å². The van der Waals surface area contributed by atoms with Gasteiger partial charge in [-0.25, -0.2) is 9.78 Å². The zero-order valence-corrected chi connectivity index (χ0v) is 18.0. The molecule has 2 N–H and O–H groups in total. The van der Waals surface area contributed by atoms with Gasteiger partial charge >= 0.3 is 0 Å². The third kappa shape index (κ3) is 6.71. The molecule has 0 amide bonds. The van der Waals surface area contributed by atoms with Gasteiger partial charge in [-0.05, 0) is 42.7 Å². The minimum Gasteiger partial charge on any atom is -0.467 e. The Labute approximate surface area is 185 Å². The molecule has 0 saturated carbocycles. The van der Waals surface area contributed by atoms with Crippen molar-refractivity contribution >= 4 is 22.1 Å².